The van der Waals surface area contributed by atoms with Gasteiger partial charge in [0.2, 0.25) is 5.91 Å². The molecular weight excluding hydrogens is 325 g/mol. The van der Waals surface area contributed by atoms with Crippen molar-refractivity contribution in [2.45, 2.75) is 49.8 Å². The zero-order valence-corrected chi connectivity index (χ0v) is 14.4. The fourth-order valence-electron chi connectivity index (χ4n) is 2.99. The predicted octanol–water partition coefficient (Wildman–Crippen LogP) is 3.61. The van der Waals surface area contributed by atoms with Crippen molar-refractivity contribution in [3.8, 4) is 0 Å². The maximum Gasteiger partial charge on any atom is 0.230 e. The van der Waals surface area contributed by atoms with Crippen LogP contribution < -0.4 is 5.32 Å². The van der Waals surface area contributed by atoms with E-state index in [9.17, 15) is 9.18 Å². The van der Waals surface area contributed by atoms with Crippen LogP contribution in [0, 0.1) is 5.82 Å². The van der Waals surface area contributed by atoms with Gasteiger partial charge in [-0.15, -0.1) is 0 Å². The van der Waals surface area contributed by atoms with E-state index in [0.29, 0.717) is 18.3 Å². The highest BCUT2D eigenvalue weighted by atomic mass is 32.2. The van der Waals surface area contributed by atoms with E-state index >= 15 is 0 Å². The van der Waals surface area contributed by atoms with Gasteiger partial charge in [0.25, 0.3) is 0 Å². The number of nitrogens with one attached hydrogen (secondary N) is 1. The van der Waals surface area contributed by atoms with Gasteiger partial charge in [-0.25, -0.2) is 9.37 Å². The van der Waals surface area contributed by atoms with E-state index in [1.807, 2.05) is 10.8 Å². The Kier molecular flexibility index (Phi) is 5.91. The largest absolute Gasteiger partial charge is 0.353 e. The van der Waals surface area contributed by atoms with Gasteiger partial charge in [0.15, 0.2) is 5.16 Å². The highest BCUT2D eigenvalue weighted by Crippen LogP contribution is 2.19. The lowest BCUT2D eigenvalue weighted by Crippen LogP contribution is -2.37. The normalized spacial score (nSPS) is 15.4. The highest BCUT2D eigenvalue weighted by Gasteiger charge is 2.16. The van der Waals surface area contributed by atoms with Crippen molar-refractivity contribution >= 4 is 17.7 Å². The Morgan fingerprint density at radius 3 is 2.75 bits per heavy atom. The van der Waals surface area contributed by atoms with Gasteiger partial charge >= 0.3 is 0 Å². The Labute approximate surface area is 145 Å². The van der Waals surface area contributed by atoms with E-state index in [-0.39, 0.29) is 11.7 Å². The summed E-state index contributed by atoms with van der Waals surface area (Å²) >= 11 is 1.44. The first-order chi connectivity index (χ1) is 11.7. The van der Waals surface area contributed by atoms with Gasteiger partial charge in [0.05, 0.1) is 5.75 Å². The first kappa shape index (κ1) is 17.0. The van der Waals surface area contributed by atoms with Crippen molar-refractivity contribution in [3.05, 3.63) is 48.0 Å². The maximum absolute atomic E-state index is 13.0. The van der Waals surface area contributed by atoms with Crippen molar-refractivity contribution in [2.24, 2.45) is 0 Å². The molecular formula is C18H22FN3OS. The van der Waals surface area contributed by atoms with E-state index in [0.717, 1.165) is 23.6 Å². The average Bonchev–Trinajstić information content (AvgIpc) is 3.03. The summed E-state index contributed by atoms with van der Waals surface area (Å²) in [7, 11) is 0. The molecule has 1 N–H and O–H groups in total. The summed E-state index contributed by atoms with van der Waals surface area (Å²) in [6.45, 7) is 0.618. The Morgan fingerprint density at radius 1 is 1.25 bits per heavy atom. The van der Waals surface area contributed by atoms with Gasteiger partial charge in [0, 0.05) is 25.0 Å². The molecule has 1 aliphatic rings. The average molecular weight is 347 g/mol. The molecule has 1 aromatic carbocycles. The first-order valence-corrected chi connectivity index (χ1v) is 9.37. The molecule has 0 saturated heterocycles. The third kappa shape index (κ3) is 4.84. The van der Waals surface area contributed by atoms with Gasteiger partial charge in [-0.3, -0.25) is 4.79 Å². The number of rotatable bonds is 6. The van der Waals surface area contributed by atoms with Gasteiger partial charge in [-0.2, -0.15) is 0 Å². The van der Waals surface area contributed by atoms with Crippen molar-refractivity contribution < 1.29 is 9.18 Å². The van der Waals surface area contributed by atoms with Gasteiger partial charge in [-0.05, 0) is 30.5 Å². The number of aromatic nitrogens is 2. The molecule has 0 radical (unpaired) electrons. The Morgan fingerprint density at radius 2 is 2.00 bits per heavy atom. The van der Waals surface area contributed by atoms with Crippen LogP contribution in [0.25, 0.3) is 0 Å². The lowest BCUT2D eigenvalue weighted by atomic mass is 9.95. The van der Waals surface area contributed by atoms with Crippen LogP contribution in [-0.4, -0.2) is 27.3 Å². The minimum absolute atomic E-state index is 0.0724. The van der Waals surface area contributed by atoms with Crippen LogP contribution in [0.3, 0.4) is 0 Å². The SMILES string of the molecule is O=C(CSc1nccn1Cc1ccc(F)cc1)NC1CCCCC1. The first-order valence-electron chi connectivity index (χ1n) is 8.38. The number of amides is 1. The lowest BCUT2D eigenvalue weighted by molar-refractivity contribution is -0.119. The molecule has 0 aliphatic heterocycles. The second-order valence-corrected chi connectivity index (χ2v) is 7.10. The number of benzene rings is 1. The summed E-state index contributed by atoms with van der Waals surface area (Å²) in [6.07, 6.45) is 9.49. The lowest BCUT2D eigenvalue weighted by Gasteiger charge is -2.22. The molecule has 4 nitrogen and oxygen atoms in total. The van der Waals surface area contributed by atoms with Gasteiger partial charge in [-0.1, -0.05) is 43.2 Å². The number of hydrogen-bond donors (Lipinski definition) is 1. The molecule has 6 heteroatoms. The van der Waals surface area contributed by atoms with Crippen molar-refractivity contribution in [2.75, 3.05) is 5.75 Å². The molecule has 0 bridgehead atoms. The molecule has 2 aromatic rings. The Hall–Kier alpha value is -1.82. The number of carbonyl (C=O) groups excluding carboxylic acids is 1. The second kappa shape index (κ2) is 8.33. The summed E-state index contributed by atoms with van der Waals surface area (Å²) in [6, 6.07) is 6.78. The van der Waals surface area contributed by atoms with Gasteiger partial charge in [0.1, 0.15) is 5.82 Å². The maximum atomic E-state index is 13.0. The molecule has 3 rings (SSSR count). The third-order valence-electron chi connectivity index (χ3n) is 4.25. The van der Waals surface area contributed by atoms with Crippen LogP contribution in [0.2, 0.25) is 0 Å². The van der Waals surface area contributed by atoms with Crippen LogP contribution in [-0.2, 0) is 11.3 Å². The third-order valence-corrected chi connectivity index (χ3v) is 5.25. The summed E-state index contributed by atoms with van der Waals surface area (Å²) < 4.78 is 15.0. The molecule has 1 saturated carbocycles. The molecule has 1 amide bonds. The van der Waals surface area contributed by atoms with Gasteiger partial charge < -0.3 is 9.88 Å². The number of hydrogen-bond acceptors (Lipinski definition) is 3. The summed E-state index contributed by atoms with van der Waals surface area (Å²) in [5, 5.41) is 3.92. The molecule has 1 heterocycles. The smallest absolute Gasteiger partial charge is 0.230 e. The Bertz CT molecular complexity index is 665. The van der Waals surface area contributed by atoms with Crippen LogP contribution in [0.1, 0.15) is 37.7 Å². The molecule has 0 spiro atoms. The minimum Gasteiger partial charge on any atom is -0.353 e. The van der Waals surface area contributed by atoms with E-state index < -0.39 is 0 Å². The fraction of sp³-hybridized carbons (Fsp3) is 0.444. The number of imidazole rings is 1. The topological polar surface area (TPSA) is 46.9 Å². The van der Waals surface area contributed by atoms with E-state index in [2.05, 4.69) is 10.3 Å². The molecule has 0 atom stereocenters. The summed E-state index contributed by atoms with van der Waals surface area (Å²) in [4.78, 5) is 16.4. The van der Waals surface area contributed by atoms with Crippen LogP contribution in [0.5, 0.6) is 0 Å². The predicted molar refractivity (Wildman–Crippen MR) is 93.5 cm³/mol. The minimum atomic E-state index is -0.238. The number of halogens is 1. The standard InChI is InChI=1S/C18H22FN3OS/c19-15-8-6-14(7-9-15)12-22-11-10-20-18(22)24-13-17(23)21-16-4-2-1-3-5-16/h6-11,16H,1-5,12-13H2,(H,21,23). The molecule has 1 aliphatic carbocycles. The van der Waals surface area contributed by atoms with Crippen molar-refractivity contribution in [3.63, 3.8) is 0 Å². The Balaban J connectivity index is 1.51. The molecule has 128 valence electrons. The highest BCUT2D eigenvalue weighted by molar-refractivity contribution is 7.99. The van der Waals surface area contributed by atoms with Crippen molar-refractivity contribution in [1.82, 2.24) is 14.9 Å². The molecule has 0 unspecified atom stereocenters. The van der Waals surface area contributed by atoms with Crippen LogP contribution in [0.15, 0.2) is 41.8 Å². The number of nitrogens with zero attached hydrogens (tertiary/aromatic N) is 2. The summed E-state index contributed by atoms with van der Waals surface area (Å²) in [5.41, 5.74) is 1.00. The monoisotopic (exact) mass is 347 g/mol. The zero-order chi connectivity index (χ0) is 16.8. The second-order valence-electron chi connectivity index (χ2n) is 6.16. The summed E-state index contributed by atoms with van der Waals surface area (Å²) in [5.74, 6) is 0.207. The van der Waals surface area contributed by atoms with Crippen molar-refractivity contribution in [1.29, 1.82) is 0 Å². The number of thioether (sulfide) groups is 1. The zero-order valence-electron chi connectivity index (χ0n) is 13.6. The molecule has 1 fully saturated rings. The quantitative estimate of drug-likeness (QED) is 0.812. The van der Waals surface area contributed by atoms with E-state index in [4.69, 9.17) is 0 Å². The van der Waals surface area contributed by atoms with E-state index in [1.54, 1.807) is 18.3 Å². The van der Waals surface area contributed by atoms with Crippen LogP contribution >= 0.6 is 11.8 Å². The fourth-order valence-corrected chi connectivity index (χ4v) is 3.76. The van der Waals surface area contributed by atoms with Crippen LogP contribution in [0.4, 0.5) is 4.39 Å². The van der Waals surface area contributed by atoms with E-state index in [1.165, 1.54) is 43.2 Å². The molecule has 1 aromatic heterocycles. The number of carbonyl (C=O) groups is 1. The molecule has 24 heavy (non-hydrogen) atoms.